The SMILES string of the molecule is CC(C)n1cncc1Cn1cnc(CO)c1. The van der Waals surface area contributed by atoms with Crippen LogP contribution in [0.25, 0.3) is 0 Å². The minimum atomic E-state index is -0.0174. The van der Waals surface area contributed by atoms with Crippen molar-refractivity contribution in [3.63, 3.8) is 0 Å². The second kappa shape index (κ2) is 4.49. The third-order valence-electron chi connectivity index (χ3n) is 2.50. The third-order valence-corrected chi connectivity index (χ3v) is 2.50. The van der Waals surface area contributed by atoms with Gasteiger partial charge >= 0.3 is 0 Å². The lowest BCUT2D eigenvalue weighted by molar-refractivity contribution is 0.277. The lowest BCUT2D eigenvalue weighted by atomic mass is 10.3. The van der Waals surface area contributed by atoms with E-state index in [1.165, 1.54) is 0 Å². The summed E-state index contributed by atoms with van der Waals surface area (Å²) in [5.74, 6) is 0. The zero-order valence-corrected chi connectivity index (χ0v) is 9.54. The van der Waals surface area contributed by atoms with Crippen molar-refractivity contribution in [3.8, 4) is 0 Å². The lowest BCUT2D eigenvalue weighted by Gasteiger charge is -2.11. The molecule has 0 saturated heterocycles. The number of aliphatic hydroxyl groups excluding tert-OH is 1. The summed E-state index contributed by atoms with van der Waals surface area (Å²) < 4.78 is 4.07. The van der Waals surface area contributed by atoms with Crippen LogP contribution in [0.2, 0.25) is 0 Å². The van der Waals surface area contributed by atoms with Crippen molar-refractivity contribution in [3.05, 3.63) is 36.4 Å². The highest BCUT2D eigenvalue weighted by atomic mass is 16.3. The van der Waals surface area contributed by atoms with Gasteiger partial charge in [-0.2, -0.15) is 0 Å². The van der Waals surface area contributed by atoms with Gasteiger partial charge in [0.05, 0.1) is 37.2 Å². The molecule has 16 heavy (non-hydrogen) atoms. The normalized spacial score (nSPS) is 11.2. The van der Waals surface area contributed by atoms with E-state index < -0.39 is 0 Å². The molecule has 2 aromatic rings. The van der Waals surface area contributed by atoms with Crippen LogP contribution in [0.5, 0.6) is 0 Å². The van der Waals surface area contributed by atoms with Gasteiger partial charge in [-0.3, -0.25) is 0 Å². The summed E-state index contributed by atoms with van der Waals surface area (Å²) >= 11 is 0. The molecular weight excluding hydrogens is 204 g/mol. The van der Waals surface area contributed by atoms with E-state index in [0.29, 0.717) is 11.7 Å². The number of imidazole rings is 2. The smallest absolute Gasteiger partial charge is 0.0954 e. The van der Waals surface area contributed by atoms with Crippen molar-refractivity contribution in [1.82, 2.24) is 19.1 Å². The summed E-state index contributed by atoms with van der Waals surface area (Å²) in [6.07, 6.45) is 7.27. The summed E-state index contributed by atoms with van der Waals surface area (Å²) in [6.45, 7) is 4.96. The Hall–Kier alpha value is -1.62. The standard InChI is InChI=1S/C11H16N4O/c1-9(2)15-7-12-3-11(15)5-14-4-10(6-16)13-8-14/h3-4,7-9,16H,5-6H2,1-2H3. The lowest BCUT2D eigenvalue weighted by Crippen LogP contribution is -2.07. The van der Waals surface area contributed by atoms with Crippen LogP contribution in [0.4, 0.5) is 0 Å². The van der Waals surface area contributed by atoms with Crippen LogP contribution >= 0.6 is 0 Å². The number of aromatic nitrogens is 4. The van der Waals surface area contributed by atoms with E-state index in [1.807, 2.05) is 23.3 Å². The number of hydrogen-bond donors (Lipinski definition) is 1. The van der Waals surface area contributed by atoms with Gasteiger partial charge in [0.25, 0.3) is 0 Å². The molecule has 0 spiro atoms. The van der Waals surface area contributed by atoms with Crippen molar-refractivity contribution < 1.29 is 5.11 Å². The van der Waals surface area contributed by atoms with Crippen LogP contribution in [0.1, 0.15) is 31.3 Å². The summed E-state index contributed by atoms with van der Waals surface area (Å²) in [7, 11) is 0. The maximum Gasteiger partial charge on any atom is 0.0954 e. The molecule has 0 bridgehead atoms. The molecular formula is C11H16N4O. The largest absolute Gasteiger partial charge is 0.390 e. The highest BCUT2D eigenvalue weighted by molar-refractivity contribution is 5.03. The van der Waals surface area contributed by atoms with E-state index in [2.05, 4.69) is 28.4 Å². The average Bonchev–Trinajstić information content (AvgIpc) is 2.87. The molecule has 0 amide bonds. The zero-order valence-electron chi connectivity index (χ0n) is 9.54. The number of rotatable bonds is 4. The van der Waals surface area contributed by atoms with E-state index in [4.69, 9.17) is 5.11 Å². The van der Waals surface area contributed by atoms with Gasteiger partial charge in [-0.15, -0.1) is 0 Å². The molecule has 0 aliphatic carbocycles. The molecule has 0 unspecified atom stereocenters. The highest BCUT2D eigenvalue weighted by Gasteiger charge is 2.06. The molecule has 0 aliphatic rings. The fourth-order valence-corrected chi connectivity index (χ4v) is 1.68. The second-order valence-electron chi connectivity index (χ2n) is 4.08. The Balaban J connectivity index is 2.17. The van der Waals surface area contributed by atoms with Crippen LogP contribution in [0.3, 0.4) is 0 Å². The Bertz CT molecular complexity index is 458. The second-order valence-corrected chi connectivity index (χ2v) is 4.08. The van der Waals surface area contributed by atoms with Gasteiger partial charge in [-0.05, 0) is 13.8 Å². The maximum atomic E-state index is 8.93. The summed E-state index contributed by atoms with van der Waals surface area (Å²) in [5.41, 5.74) is 1.83. The predicted octanol–water partition coefficient (Wildman–Crippen LogP) is 1.20. The number of nitrogens with zero attached hydrogens (tertiary/aromatic N) is 4. The minimum Gasteiger partial charge on any atom is -0.390 e. The van der Waals surface area contributed by atoms with Gasteiger partial charge in [0.15, 0.2) is 0 Å². The molecule has 2 aromatic heterocycles. The first-order valence-electron chi connectivity index (χ1n) is 5.33. The molecule has 0 saturated carbocycles. The topological polar surface area (TPSA) is 55.9 Å². The van der Waals surface area contributed by atoms with Crippen LogP contribution in [0.15, 0.2) is 25.0 Å². The molecule has 0 atom stereocenters. The Labute approximate surface area is 94.4 Å². The van der Waals surface area contributed by atoms with E-state index in [0.717, 1.165) is 12.2 Å². The van der Waals surface area contributed by atoms with E-state index in [-0.39, 0.29) is 6.61 Å². The van der Waals surface area contributed by atoms with Crippen molar-refractivity contribution >= 4 is 0 Å². The highest BCUT2D eigenvalue weighted by Crippen LogP contribution is 2.10. The molecule has 2 heterocycles. The summed E-state index contributed by atoms with van der Waals surface area (Å²) in [5, 5.41) is 8.93. The van der Waals surface area contributed by atoms with Crippen molar-refractivity contribution in [2.75, 3.05) is 0 Å². The quantitative estimate of drug-likeness (QED) is 0.842. The molecule has 0 fully saturated rings. The zero-order chi connectivity index (χ0) is 11.5. The molecule has 0 aliphatic heterocycles. The van der Waals surface area contributed by atoms with Crippen LogP contribution in [-0.2, 0) is 13.2 Å². The van der Waals surface area contributed by atoms with Crippen LogP contribution < -0.4 is 0 Å². The molecule has 1 N–H and O–H groups in total. The fourth-order valence-electron chi connectivity index (χ4n) is 1.68. The Morgan fingerprint density at radius 1 is 1.38 bits per heavy atom. The molecule has 5 nitrogen and oxygen atoms in total. The first kappa shape index (κ1) is 10.9. The number of aliphatic hydroxyl groups is 1. The predicted molar refractivity (Wildman–Crippen MR) is 59.9 cm³/mol. The molecule has 0 aromatic carbocycles. The first-order chi connectivity index (χ1) is 7.70. The number of hydrogen-bond acceptors (Lipinski definition) is 3. The van der Waals surface area contributed by atoms with Crippen LogP contribution in [0, 0.1) is 0 Å². The average molecular weight is 220 g/mol. The maximum absolute atomic E-state index is 8.93. The van der Waals surface area contributed by atoms with Gasteiger partial charge in [0.2, 0.25) is 0 Å². The van der Waals surface area contributed by atoms with E-state index in [9.17, 15) is 0 Å². The van der Waals surface area contributed by atoms with Gasteiger partial charge in [-0.25, -0.2) is 9.97 Å². The van der Waals surface area contributed by atoms with Gasteiger partial charge in [0.1, 0.15) is 0 Å². The fraction of sp³-hybridized carbons (Fsp3) is 0.455. The Morgan fingerprint density at radius 2 is 2.19 bits per heavy atom. The monoisotopic (exact) mass is 220 g/mol. The molecule has 0 radical (unpaired) electrons. The van der Waals surface area contributed by atoms with Gasteiger partial charge in [-0.1, -0.05) is 0 Å². The van der Waals surface area contributed by atoms with Gasteiger partial charge in [0, 0.05) is 18.4 Å². The molecule has 86 valence electrons. The van der Waals surface area contributed by atoms with Gasteiger partial charge < -0.3 is 14.2 Å². The molecule has 5 heteroatoms. The van der Waals surface area contributed by atoms with Crippen molar-refractivity contribution in [2.45, 2.75) is 33.0 Å². The first-order valence-corrected chi connectivity index (χ1v) is 5.33. The summed E-state index contributed by atoms with van der Waals surface area (Å²) in [6, 6.07) is 0.401. The van der Waals surface area contributed by atoms with Crippen molar-refractivity contribution in [1.29, 1.82) is 0 Å². The summed E-state index contributed by atoms with van der Waals surface area (Å²) in [4.78, 5) is 8.22. The Morgan fingerprint density at radius 3 is 2.81 bits per heavy atom. The Kier molecular flexibility index (Phi) is 3.05. The third kappa shape index (κ3) is 2.14. The van der Waals surface area contributed by atoms with E-state index >= 15 is 0 Å². The van der Waals surface area contributed by atoms with E-state index in [1.54, 1.807) is 6.33 Å². The molecule has 2 rings (SSSR count). The minimum absolute atomic E-state index is 0.0174. The van der Waals surface area contributed by atoms with Crippen LogP contribution in [-0.4, -0.2) is 24.2 Å². The van der Waals surface area contributed by atoms with Crippen molar-refractivity contribution in [2.24, 2.45) is 0 Å².